The second-order valence-electron chi connectivity index (χ2n) is 3.94. The van der Waals surface area contributed by atoms with Gasteiger partial charge in [0.25, 0.3) is 0 Å². The first-order chi connectivity index (χ1) is 8.11. The van der Waals surface area contributed by atoms with Crippen LogP contribution in [0.25, 0.3) is 0 Å². The van der Waals surface area contributed by atoms with Gasteiger partial charge in [0, 0.05) is 17.8 Å². The van der Waals surface area contributed by atoms with E-state index in [2.05, 4.69) is 4.74 Å². The molecule has 17 heavy (non-hydrogen) atoms. The van der Waals surface area contributed by atoms with Crippen LogP contribution in [0.15, 0.2) is 18.2 Å². The normalized spacial score (nSPS) is 14.4. The number of ether oxygens (including phenoxy) is 1. The lowest BCUT2D eigenvalue weighted by molar-refractivity contribution is -0.140. The minimum atomic E-state index is -0.428. The highest BCUT2D eigenvalue weighted by Gasteiger charge is 2.26. The number of nitrogens with two attached hydrogens (primary N) is 1. The Kier molecular flexibility index (Phi) is 2.99. The number of hydrogen-bond acceptors (Lipinski definition) is 4. The number of carbonyl (C=O) groups excluding carboxylic acids is 2. The number of rotatable bonds is 2. The average Bonchev–Trinajstić information content (AvgIpc) is 2.32. The number of esters is 1. The minimum absolute atomic E-state index is 0.0494. The molecular weight excluding hydrogens is 220 g/mol. The molecule has 5 nitrogen and oxygen atoms in total. The van der Waals surface area contributed by atoms with Gasteiger partial charge in [-0.1, -0.05) is 0 Å². The van der Waals surface area contributed by atoms with Crippen molar-refractivity contribution in [2.24, 2.45) is 0 Å². The molecule has 0 unspecified atom stereocenters. The van der Waals surface area contributed by atoms with Crippen LogP contribution in [0.3, 0.4) is 0 Å². The van der Waals surface area contributed by atoms with Gasteiger partial charge in [-0.15, -0.1) is 0 Å². The summed E-state index contributed by atoms with van der Waals surface area (Å²) in [4.78, 5) is 24.5. The quantitative estimate of drug-likeness (QED) is 0.604. The number of aryl methyl sites for hydroxylation is 1. The Balaban J connectivity index is 2.33. The highest BCUT2D eigenvalue weighted by Crippen LogP contribution is 2.29. The Labute approximate surface area is 99.2 Å². The number of carbonyl (C=O) groups is 2. The molecule has 0 aromatic heterocycles. The zero-order chi connectivity index (χ0) is 12.4. The SMILES string of the molecule is COC(=O)CN1C(=O)CCc2cc(N)ccc21. The first kappa shape index (κ1) is 11.4. The molecule has 0 fully saturated rings. The molecule has 0 saturated carbocycles. The van der Waals surface area contributed by atoms with Crippen LogP contribution in [-0.4, -0.2) is 25.5 Å². The summed E-state index contributed by atoms with van der Waals surface area (Å²) < 4.78 is 4.58. The zero-order valence-electron chi connectivity index (χ0n) is 9.60. The monoisotopic (exact) mass is 234 g/mol. The minimum Gasteiger partial charge on any atom is -0.468 e. The maximum Gasteiger partial charge on any atom is 0.325 e. The summed E-state index contributed by atoms with van der Waals surface area (Å²) in [6.45, 7) is -0.0494. The van der Waals surface area contributed by atoms with Crippen molar-refractivity contribution in [1.29, 1.82) is 0 Å². The molecule has 1 aromatic carbocycles. The van der Waals surface area contributed by atoms with Gasteiger partial charge in [-0.25, -0.2) is 0 Å². The van der Waals surface area contributed by atoms with E-state index in [0.717, 1.165) is 11.3 Å². The Morgan fingerprint density at radius 3 is 2.94 bits per heavy atom. The molecule has 0 spiro atoms. The topological polar surface area (TPSA) is 72.6 Å². The lowest BCUT2D eigenvalue weighted by Gasteiger charge is -2.28. The zero-order valence-corrected chi connectivity index (χ0v) is 9.60. The molecule has 90 valence electrons. The lowest BCUT2D eigenvalue weighted by atomic mass is 10.0. The van der Waals surface area contributed by atoms with Crippen LogP contribution in [-0.2, 0) is 20.7 Å². The fraction of sp³-hybridized carbons (Fsp3) is 0.333. The molecule has 0 saturated heterocycles. The Morgan fingerprint density at radius 1 is 1.47 bits per heavy atom. The van der Waals surface area contributed by atoms with Gasteiger partial charge in [0.1, 0.15) is 6.54 Å². The summed E-state index contributed by atoms with van der Waals surface area (Å²) >= 11 is 0. The Bertz CT molecular complexity index is 471. The third kappa shape index (κ3) is 2.22. The molecule has 1 amide bonds. The predicted octanol–water partition coefficient (Wildman–Crippen LogP) is 0.721. The number of nitrogens with zero attached hydrogens (tertiary/aromatic N) is 1. The molecule has 5 heteroatoms. The van der Waals surface area contributed by atoms with Gasteiger partial charge in [-0.2, -0.15) is 0 Å². The Morgan fingerprint density at radius 2 is 2.24 bits per heavy atom. The second kappa shape index (κ2) is 4.45. The molecule has 0 aliphatic carbocycles. The summed E-state index contributed by atoms with van der Waals surface area (Å²) in [7, 11) is 1.31. The molecule has 2 N–H and O–H groups in total. The smallest absolute Gasteiger partial charge is 0.325 e. The van der Waals surface area contributed by atoms with Gasteiger partial charge in [0.2, 0.25) is 5.91 Å². The highest BCUT2D eigenvalue weighted by molar-refractivity contribution is 6.00. The number of benzene rings is 1. The van der Waals surface area contributed by atoms with Crippen LogP contribution >= 0.6 is 0 Å². The first-order valence-corrected chi connectivity index (χ1v) is 5.37. The van der Waals surface area contributed by atoms with Crippen LogP contribution < -0.4 is 10.6 Å². The van der Waals surface area contributed by atoms with Gasteiger partial charge >= 0.3 is 5.97 Å². The van der Waals surface area contributed by atoms with E-state index in [0.29, 0.717) is 18.5 Å². The van der Waals surface area contributed by atoms with E-state index in [1.165, 1.54) is 12.0 Å². The van der Waals surface area contributed by atoms with Gasteiger partial charge in [-0.3, -0.25) is 9.59 Å². The molecule has 0 radical (unpaired) electrons. The summed E-state index contributed by atoms with van der Waals surface area (Å²) in [5, 5.41) is 0. The number of amides is 1. The number of nitrogen functional groups attached to an aromatic ring is 1. The van der Waals surface area contributed by atoms with Crippen molar-refractivity contribution >= 4 is 23.3 Å². The average molecular weight is 234 g/mol. The van der Waals surface area contributed by atoms with E-state index in [9.17, 15) is 9.59 Å². The molecule has 1 aromatic rings. The highest BCUT2D eigenvalue weighted by atomic mass is 16.5. The molecule has 1 heterocycles. The van der Waals surface area contributed by atoms with Crippen LogP contribution in [0.2, 0.25) is 0 Å². The van der Waals surface area contributed by atoms with Crippen molar-refractivity contribution in [1.82, 2.24) is 0 Å². The van der Waals surface area contributed by atoms with Gasteiger partial charge in [0.15, 0.2) is 0 Å². The maximum absolute atomic E-state index is 11.8. The lowest BCUT2D eigenvalue weighted by Crippen LogP contribution is -2.39. The van der Waals surface area contributed by atoms with E-state index >= 15 is 0 Å². The molecule has 2 rings (SSSR count). The van der Waals surface area contributed by atoms with Crippen molar-refractivity contribution in [3.63, 3.8) is 0 Å². The van der Waals surface area contributed by atoms with E-state index < -0.39 is 5.97 Å². The van der Waals surface area contributed by atoms with E-state index in [1.54, 1.807) is 12.1 Å². The van der Waals surface area contributed by atoms with Crippen LogP contribution in [0.4, 0.5) is 11.4 Å². The summed E-state index contributed by atoms with van der Waals surface area (Å²) in [6.07, 6.45) is 1.06. The van der Waals surface area contributed by atoms with E-state index in [-0.39, 0.29) is 12.5 Å². The van der Waals surface area contributed by atoms with Gasteiger partial charge in [0.05, 0.1) is 7.11 Å². The van der Waals surface area contributed by atoms with Crippen LogP contribution in [0.1, 0.15) is 12.0 Å². The van der Waals surface area contributed by atoms with E-state index in [1.807, 2.05) is 6.07 Å². The van der Waals surface area contributed by atoms with Crippen molar-refractivity contribution in [2.45, 2.75) is 12.8 Å². The first-order valence-electron chi connectivity index (χ1n) is 5.37. The number of anilines is 2. The largest absolute Gasteiger partial charge is 0.468 e. The second-order valence-corrected chi connectivity index (χ2v) is 3.94. The summed E-state index contributed by atoms with van der Waals surface area (Å²) in [5.74, 6) is -0.490. The molecule has 0 bridgehead atoms. The number of hydrogen-bond donors (Lipinski definition) is 1. The van der Waals surface area contributed by atoms with Crippen molar-refractivity contribution in [3.05, 3.63) is 23.8 Å². The number of fused-ring (bicyclic) bond motifs is 1. The fourth-order valence-electron chi connectivity index (χ4n) is 1.95. The standard InChI is InChI=1S/C12H14N2O3/c1-17-12(16)7-14-10-4-3-9(13)6-8(10)2-5-11(14)15/h3-4,6H,2,5,7,13H2,1H3. The van der Waals surface area contributed by atoms with Crippen molar-refractivity contribution < 1.29 is 14.3 Å². The van der Waals surface area contributed by atoms with Crippen molar-refractivity contribution in [3.8, 4) is 0 Å². The van der Waals surface area contributed by atoms with Gasteiger partial charge in [-0.05, 0) is 30.2 Å². The van der Waals surface area contributed by atoms with Crippen LogP contribution in [0, 0.1) is 0 Å². The maximum atomic E-state index is 11.8. The molecule has 1 aliphatic rings. The molecule has 0 atom stereocenters. The third-order valence-electron chi connectivity index (χ3n) is 2.82. The predicted molar refractivity (Wildman–Crippen MR) is 63.5 cm³/mol. The summed E-state index contributed by atoms with van der Waals surface area (Å²) in [5.41, 5.74) is 8.10. The molecular formula is C12H14N2O3. The van der Waals surface area contributed by atoms with Crippen molar-refractivity contribution in [2.75, 3.05) is 24.3 Å². The van der Waals surface area contributed by atoms with Gasteiger partial charge < -0.3 is 15.4 Å². The summed E-state index contributed by atoms with van der Waals surface area (Å²) in [6, 6.07) is 5.33. The van der Waals surface area contributed by atoms with Crippen LogP contribution in [0.5, 0.6) is 0 Å². The molecule has 1 aliphatic heterocycles. The fourth-order valence-corrected chi connectivity index (χ4v) is 1.95. The third-order valence-corrected chi connectivity index (χ3v) is 2.82. The number of methoxy groups -OCH3 is 1. The van der Waals surface area contributed by atoms with E-state index in [4.69, 9.17) is 5.73 Å². The Hall–Kier alpha value is -2.04.